The first-order valence-corrected chi connectivity index (χ1v) is 6.65. The van der Waals surface area contributed by atoms with E-state index in [1.807, 2.05) is 13.0 Å². The Kier molecular flexibility index (Phi) is 2.78. The van der Waals surface area contributed by atoms with Crippen LogP contribution >= 0.6 is 0 Å². The number of fused-ring (bicyclic) bond motifs is 1. The lowest BCUT2D eigenvalue weighted by Crippen LogP contribution is -2.18. The van der Waals surface area contributed by atoms with E-state index in [1.54, 1.807) is 0 Å². The summed E-state index contributed by atoms with van der Waals surface area (Å²) in [5, 5.41) is 0. The van der Waals surface area contributed by atoms with Crippen LogP contribution in [0.3, 0.4) is 0 Å². The highest BCUT2D eigenvalue weighted by molar-refractivity contribution is 5.33. The SMILES string of the molecule is Cc1ccc(Cn2c(C)cc3c2CCCC3N)o1. The highest BCUT2D eigenvalue weighted by Gasteiger charge is 2.22. The highest BCUT2D eigenvalue weighted by Crippen LogP contribution is 2.31. The first kappa shape index (κ1) is 11.6. The molecule has 2 aromatic rings. The maximum atomic E-state index is 6.19. The van der Waals surface area contributed by atoms with Gasteiger partial charge in [0.15, 0.2) is 0 Å². The Balaban J connectivity index is 1.97. The monoisotopic (exact) mass is 244 g/mol. The Hall–Kier alpha value is -1.48. The molecule has 1 atom stereocenters. The lowest BCUT2D eigenvalue weighted by atomic mass is 9.93. The molecular weight excluding hydrogens is 224 g/mol. The first-order chi connectivity index (χ1) is 8.65. The van der Waals surface area contributed by atoms with Crippen LogP contribution in [-0.4, -0.2) is 4.57 Å². The average Bonchev–Trinajstić information content (AvgIpc) is 2.87. The van der Waals surface area contributed by atoms with Crippen LogP contribution in [0.5, 0.6) is 0 Å². The normalized spacial score (nSPS) is 18.9. The van der Waals surface area contributed by atoms with E-state index in [1.165, 1.54) is 23.4 Å². The van der Waals surface area contributed by atoms with Gasteiger partial charge in [-0.25, -0.2) is 0 Å². The highest BCUT2D eigenvalue weighted by atomic mass is 16.3. The molecular formula is C15H20N2O. The van der Waals surface area contributed by atoms with Crippen molar-refractivity contribution in [3.8, 4) is 0 Å². The van der Waals surface area contributed by atoms with Crippen LogP contribution in [0.2, 0.25) is 0 Å². The number of hydrogen-bond acceptors (Lipinski definition) is 2. The van der Waals surface area contributed by atoms with E-state index >= 15 is 0 Å². The molecule has 2 N–H and O–H groups in total. The Morgan fingerprint density at radius 1 is 1.39 bits per heavy atom. The van der Waals surface area contributed by atoms with Gasteiger partial charge in [-0.2, -0.15) is 0 Å². The lowest BCUT2D eigenvalue weighted by molar-refractivity contribution is 0.460. The molecule has 0 amide bonds. The predicted octanol–water partition coefficient (Wildman–Crippen LogP) is 3.08. The topological polar surface area (TPSA) is 44.1 Å². The smallest absolute Gasteiger partial charge is 0.123 e. The molecule has 0 saturated heterocycles. The van der Waals surface area contributed by atoms with Crippen LogP contribution in [0, 0.1) is 13.8 Å². The molecule has 0 fully saturated rings. The summed E-state index contributed by atoms with van der Waals surface area (Å²) in [6.07, 6.45) is 3.43. The molecule has 1 aliphatic rings. The third-order valence-electron chi connectivity index (χ3n) is 3.89. The molecule has 2 aromatic heterocycles. The molecule has 96 valence electrons. The molecule has 3 nitrogen and oxygen atoms in total. The van der Waals surface area contributed by atoms with Crippen LogP contribution in [0.4, 0.5) is 0 Å². The summed E-state index contributed by atoms with van der Waals surface area (Å²) in [5.41, 5.74) is 10.2. The first-order valence-electron chi connectivity index (χ1n) is 6.65. The largest absolute Gasteiger partial charge is 0.464 e. The van der Waals surface area contributed by atoms with Gasteiger partial charge >= 0.3 is 0 Å². The molecule has 3 heteroatoms. The number of hydrogen-bond donors (Lipinski definition) is 1. The quantitative estimate of drug-likeness (QED) is 0.882. The second-order valence-electron chi connectivity index (χ2n) is 5.28. The number of rotatable bonds is 2. The van der Waals surface area contributed by atoms with Crippen LogP contribution in [0.25, 0.3) is 0 Å². The standard InChI is InChI=1S/C15H20N2O/c1-10-8-13-14(16)4-3-5-15(13)17(10)9-12-7-6-11(2)18-12/h6-8,14H,3-5,9,16H2,1-2H3. The van der Waals surface area contributed by atoms with Gasteiger partial charge in [-0.15, -0.1) is 0 Å². The van der Waals surface area contributed by atoms with E-state index in [-0.39, 0.29) is 6.04 Å². The van der Waals surface area contributed by atoms with Crippen molar-refractivity contribution < 1.29 is 4.42 Å². The summed E-state index contributed by atoms with van der Waals surface area (Å²) in [6.45, 7) is 4.96. The van der Waals surface area contributed by atoms with Crippen molar-refractivity contribution >= 4 is 0 Å². The summed E-state index contributed by atoms with van der Waals surface area (Å²) in [6, 6.07) is 6.54. The Morgan fingerprint density at radius 3 is 2.94 bits per heavy atom. The zero-order valence-electron chi connectivity index (χ0n) is 11.1. The van der Waals surface area contributed by atoms with Gasteiger partial charge in [-0.05, 0) is 56.9 Å². The third-order valence-corrected chi connectivity index (χ3v) is 3.89. The van der Waals surface area contributed by atoms with Gasteiger partial charge in [-0.3, -0.25) is 0 Å². The molecule has 0 bridgehead atoms. The summed E-state index contributed by atoms with van der Waals surface area (Å²) in [5.74, 6) is 1.99. The van der Waals surface area contributed by atoms with Crippen molar-refractivity contribution in [2.45, 2.75) is 45.7 Å². The Morgan fingerprint density at radius 2 is 2.22 bits per heavy atom. The van der Waals surface area contributed by atoms with E-state index in [4.69, 9.17) is 10.2 Å². The fourth-order valence-electron chi connectivity index (χ4n) is 2.95. The van der Waals surface area contributed by atoms with Crippen molar-refractivity contribution in [1.29, 1.82) is 0 Å². The minimum atomic E-state index is 0.215. The molecule has 2 heterocycles. The van der Waals surface area contributed by atoms with Crippen molar-refractivity contribution in [2.24, 2.45) is 5.73 Å². The second-order valence-corrected chi connectivity index (χ2v) is 5.28. The van der Waals surface area contributed by atoms with E-state index in [2.05, 4.69) is 23.6 Å². The van der Waals surface area contributed by atoms with Crippen LogP contribution < -0.4 is 5.73 Å². The minimum absolute atomic E-state index is 0.215. The minimum Gasteiger partial charge on any atom is -0.464 e. The maximum Gasteiger partial charge on any atom is 0.123 e. The van der Waals surface area contributed by atoms with E-state index in [9.17, 15) is 0 Å². The number of aromatic nitrogens is 1. The van der Waals surface area contributed by atoms with Crippen molar-refractivity contribution in [3.05, 3.63) is 46.7 Å². The van der Waals surface area contributed by atoms with Crippen LogP contribution in [-0.2, 0) is 13.0 Å². The number of furan rings is 1. The fourth-order valence-corrected chi connectivity index (χ4v) is 2.95. The zero-order chi connectivity index (χ0) is 12.7. The molecule has 0 saturated carbocycles. The third kappa shape index (κ3) is 1.89. The molecule has 0 spiro atoms. The molecule has 0 aliphatic heterocycles. The van der Waals surface area contributed by atoms with Crippen LogP contribution in [0.15, 0.2) is 22.6 Å². The average molecular weight is 244 g/mol. The summed E-state index contributed by atoms with van der Waals surface area (Å²) in [7, 11) is 0. The van der Waals surface area contributed by atoms with Gasteiger partial charge in [-0.1, -0.05) is 0 Å². The summed E-state index contributed by atoms with van der Waals surface area (Å²) in [4.78, 5) is 0. The number of aryl methyl sites for hydroxylation is 2. The summed E-state index contributed by atoms with van der Waals surface area (Å²) >= 11 is 0. The van der Waals surface area contributed by atoms with Crippen molar-refractivity contribution in [3.63, 3.8) is 0 Å². The Bertz CT molecular complexity index is 565. The molecule has 18 heavy (non-hydrogen) atoms. The number of nitrogens with two attached hydrogens (primary N) is 1. The molecule has 0 radical (unpaired) electrons. The zero-order valence-corrected chi connectivity index (χ0v) is 11.1. The molecule has 0 aromatic carbocycles. The van der Waals surface area contributed by atoms with E-state index < -0.39 is 0 Å². The fraction of sp³-hybridized carbons (Fsp3) is 0.467. The number of nitrogens with zero attached hydrogens (tertiary/aromatic N) is 1. The predicted molar refractivity (Wildman–Crippen MR) is 71.6 cm³/mol. The van der Waals surface area contributed by atoms with Gasteiger partial charge in [0, 0.05) is 17.4 Å². The maximum absolute atomic E-state index is 6.19. The second kappa shape index (κ2) is 4.32. The summed E-state index contributed by atoms with van der Waals surface area (Å²) < 4.78 is 8.03. The van der Waals surface area contributed by atoms with Crippen LogP contribution in [0.1, 0.15) is 47.4 Å². The lowest BCUT2D eigenvalue weighted by Gasteiger charge is -2.20. The van der Waals surface area contributed by atoms with Gasteiger partial charge in [0.1, 0.15) is 11.5 Å². The molecule has 3 rings (SSSR count). The van der Waals surface area contributed by atoms with E-state index in [0.29, 0.717) is 0 Å². The molecule has 1 unspecified atom stereocenters. The van der Waals surface area contributed by atoms with E-state index in [0.717, 1.165) is 30.9 Å². The molecule has 1 aliphatic carbocycles. The van der Waals surface area contributed by atoms with Crippen molar-refractivity contribution in [2.75, 3.05) is 0 Å². The van der Waals surface area contributed by atoms with Gasteiger partial charge in [0.05, 0.1) is 6.54 Å². The van der Waals surface area contributed by atoms with Gasteiger partial charge in [0.2, 0.25) is 0 Å². The van der Waals surface area contributed by atoms with Gasteiger partial charge in [0.25, 0.3) is 0 Å². The van der Waals surface area contributed by atoms with Gasteiger partial charge < -0.3 is 14.7 Å². The Labute approximate surface area is 108 Å². The van der Waals surface area contributed by atoms with Crippen molar-refractivity contribution in [1.82, 2.24) is 4.57 Å².